The maximum Gasteiger partial charge on any atom is 0.195 e. The molecule has 3 nitrogen and oxygen atoms in total. The minimum absolute atomic E-state index is 0.0186. The molecule has 0 spiro atoms. The standard InChI is InChI=1S/C12H17NO2/c1-5-15-12(3,4)11(14)10-8-13-7-6-9(10)2/h6-8H,5H2,1-4H3. The topological polar surface area (TPSA) is 39.2 Å². The molecule has 0 saturated heterocycles. The Morgan fingerprint density at radius 3 is 2.73 bits per heavy atom. The first kappa shape index (κ1) is 11.9. The summed E-state index contributed by atoms with van der Waals surface area (Å²) >= 11 is 0. The number of ketones is 1. The van der Waals surface area contributed by atoms with Crippen LogP contribution in [0.1, 0.15) is 36.7 Å². The molecule has 0 amide bonds. The first-order valence-electron chi connectivity index (χ1n) is 5.08. The van der Waals surface area contributed by atoms with Gasteiger partial charge >= 0.3 is 0 Å². The van der Waals surface area contributed by atoms with Crippen LogP contribution in [-0.4, -0.2) is 23.0 Å². The highest BCUT2D eigenvalue weighted by Crippen LogP contribution is 2.18. The van der Waals surface area contributed by atoms with Gasteiger partial charge < -0.3 is 4.74 Å². The van der Waals surface area contributed by atoms with E-state index >= 15 is 0 Å². The predicted octanol–water partition coefficient (Wildman–Crippen LogP) is 2.39. The molecule has 0 unspecified atom stereocenters. The highest BCUT2D eigenvalue weighted by Gasteiger charge is 2.29. The quantitative estimate of drug-likeness (QED) is 0.711. The Bertz CT molecular complexity index is 358. The van der Waals surface area contributed by atoms with Crippen molar-refractivity contribution in [1.29, 1.82) is 0 Å². The lowest BCUT2D eigenvalue weighted by molar-refractivity contribution is 0.00118. The Hall–Kier alpha value is -1.22. The van der Waals surface area contributed by atoms with E-state index in [-0.39, 0.29) is 5.78 Å². The lowest BCUT2D eigenvalue weighted by Crippen LogP contribution is -2.35. The second-order valence-corrected chi connectivity index (χ2v) is 3.96. The summed E-state index contributed by atoms with van der Waals surface area (Å²) in [6, 6.07) is 1.83. The van der Waals surface area contributed by atoms with Crippen molar-refractivity contribution >= 4 is 5.78 Å². The van der Waals surface area contributed by atoms with E-state index in [1.165, 1.54) is 0 Å². The zero-order valence-electron chi connectivity index (χ0n) is 9.70. The number of rotatable bonds is 4. The van der Waals surface area contributed by atoms with Crippen LogP contribution in [-0.2, 0) is 4.74 Å². The van der Waals surface area contributed by atoms with Gasteiger partial charge in [-0.05, 0) is 39.3 Å². The Morgan fingerprint density at radius 2 is 2.20 bits per heavy atom. The van der Waals surface area contributed by atoms with E-state index in [1.807, 2.05) is 19.9 Å². The fourth-order valence-electron chi connectivity index (χ4n) is 1.45. The number of pyridine rings is 1. The van der Waals surface area contributed by atoms with Crippen LogP contribution in [0, 0.1) is 6.92 Å². The maximum absolute atomic E-state index is 12.1. The van der Waals surface area contributed by atoms with Gasteiger partial charge in [-0.1, -0.05) is 0 Å². The van der Waals surface area contributed by atoms with Gasteiger partial charge in [0.15, 0.2) is 5.78 Å². The van der Waals surface area contributed by atoms with Gasteiger partial charge in [-0.25, -0.2) is 0 Å². The summed E-state index contributed by atoms with van der Waals surface area (Å²) in [5.41, 5.74) is 0.793. The van der Waals surface area contributed by atoms with Crippen LogP contribution in [0.15, 0.2) is 18.5 Å². The van der Waals surface area contributed by atoms with Gasteiger partial charge in [0.05, 0.1) is 0 Å². The molecule has 0 bridgehead atoms. The Kier molecular flexibility index (Phi) is 3.58. The molecule has 0 aliphatic rings. The summed E-state index contributed by atoms with van der Waals surface area (Å²) in [5, 5.41) is 0. The third kappa shape index (κ3) is 2.63. The Morgan fingerprint density at radius 1 is 1.53 bits per heavy atom. The minimum atomic E-state index is -0.775. The predicted molar refractivity (Wildman–Crippen MR) is 59.0 cm³/mol. The van der Waals surface area contributed by atoms with Gasteiger partial charge in [-0.3, -0.25) is 9.78 Å². The molecule has 1 aromatic rings. The average molecular weight is 207 g/mol. The fourth-order valence-corrected chi connectivity index (χ4v) is 1.45. The van der Waals surface area contributed by atoms with Crippen LogP contribution in [0.5, 0.6) is 0 Å². The molecule has 82 valence electrons. The number of Topliss-reactive ketones (excluding diaryl/α,β-unsaturated/α-hetero) is 1. The third-order valence-corrected chi connectivity index (χ3v) is 2.34. The summed E-state index contributed by atoms with van der Waals surface area (Å²) in [5.74, 6) is -0.0186. The van der Waals surface area contributed by atoms with Crippen molar-refractivity contribution in [3.05, 3.63) is 29.6 Å². The van der Waals surface area contributed by atoms with Crippen molar-refractivity contribution in [2.24, 2.45) is 0 Å². The van der Waals surface area contributed by atoms with Crippen LogP contribution in [0.2, 0.25) is 0 Å². The largest absolute Gasteiger partial charge is 0.368 e. The SMILES string of the molecule is CCOC(C)(C)C(=O)c1cnccc1C. The molecule has 0 aromatic carbocycles. The molecule has 0 aliphatic heterocycles. The second-order valence-electron chi connectivity index (χ2n) is 3.96. The molecule has 0 N–H and O–H groups in total. The molecule has 0 aliphatic carbocycles. The smallest absolute Gasteiger partial charge is 0.195 e. The number of aromatic nitrogens is 1. The molecule has 1 rings (SSSR count). The zero-order valence-corrected chi connectivity index (χ0v) is 9.70. The van der Waals surface area contributed by atoms with E-state index < -0.39 is 5.60 Å². The van der Waals surface area contributed by atoms with Gasteiger partial charge in [0.2, 0.25) is 0 Å². The Labute approximate surface area is 90.5 Å². The van der Waals surface area contributed by atoms with E-state index in [0.29, 0.717) is 12.2 Å². The maximum atomic E-state index is 12.1. The van der Waals surface area contributed by atoms with Crippen LogP contribution in [0.25, 0.3) is 0 Å². The van der Waals surface area contributed by atoms with Gasteiger partial charge in [-0.2, -0.15) is 0 Å². The molecular weight excluding hydrogens is 190 g/mol. The van der Waals surface area contributed by atoms with Crippen LogP contribution >= 0.6 is 0 Å². The van der Waals surface area contributed by atoms with E-state index in [4.69, 9.17) is 4.74 Å². The number of nitrogens with zero attached hydrogens (tertiary/aromatic N) is 1. The first-order chi connectivity index (χ1) is 6.99. The molecule has 3 heteroatoms. The highest BCUT2D eigenvalue weighted by atomic mass is 16.5. The number of carbonyl (C=O) groups is 1. The molecule has 0 radical (unpaired) electrons. The van der Waals surface area contributed by atoms with Crippen LogP contribution < -0.4 is 0 Å². The third-order valence-electron chi connectivity index (χ3n) is 2.34. The monoisotopic (exact) mass is 207 g/mol. The van der Waals surface area contributed by atoms with Crippen molar-refractivity contribution in [3.8, 4) is 0 Å². The van der Waals surface area contributed by atoms with E-state index in [2.05, 4.69) is 4.98 Å². The van der Waals surface area contributed by atoms with Crippen LogP contribution in [0.3, 0.4) is 0 Å². The highest BCUT2D eigenvalue weighted by molar-refractivity contribution is 6.02. The minimum Gasteiger partial charge on any atom is -0.368 e. The fraction of sp³-hybridized carbons (Fsp3) is 0.500. The summed E-state index contributed by atoms with van der Waals surface area (Å²) in [4.78, 5) is 16.1. The average Bonchev–Trinajstić information content (AvgIpc) is 2.17. The summed E-state index contributed by atoms with van der Waals surface area (Å²) in [6.07, 6.45) is 3.28. The van der Waals surface area contributed by atoms with Crippen molar-refractivity contribution in [2.45, 2.75) is 33.3 Å². The van der Waals surface area contributed by atoms with Gasteiger partial charge in [0, 0.05) is 24.6 Å². The molecule has 1 aromatic heterocycles. The van der Waals surface area contributed by atoms with Crippen molar-refractivity contribution < 1.29 is 9.53 Å². The van der Waals surface area contributed by atoms with Crippen molar-refractivity contribution in [1.82, 2.24) is 4.98 Å². The molecule has 1 heterocycles. The van der Waals surface area contributed by atoms with Crippen molar-refractivity contribution in [3.63, 3.8) is 0 Å². The van der Waals surface area contributed by atoms with Crippen molar-refractivity contribution in [2.75, 3.05) is 6.61 Å². The number of aryl methyl sites for hydroxylation is 1. The number of ether oxygens (including phenoxy) is 1. The number of carbonyl (C=O) groups excluding carboxylic acids is 1. The van der Waals surface area contributed by atoms with Gasteiger partial charge in [-0.15, -0.1) is 0 Å². The first-order valence-corrected chi connectivity index (χ1v) is 5.08. The van der Waals surface area contributed by atoms with E-state index in [0.717, 1.165) is 5.56 Å². The summed E-state index contributed by atoms with van der Waals surface area (Å²) < 4.78 is 5.42. The van der Waals surface area contributed by atoms with Gasteiger partial charge in [0.1, 0.15) is 5.60 Å². The molecule has 0 fully saturated rings. The molecular formula is C12H17NO2. The number of hydrogen-bond acceptors (Lipinski definition) is 3. The molecule has 0 atom stereocenters. The van der Waals surface area contributed by atoms with Gasteiger partial charge in [0.25, 0.3) is 0 Å². The number of hydrogen-bond donors (Lipinski definition) is 0. The Balaban J connectivity index is 2.99. The zero-order chi connectivity index (χ0) is 11.5. The van der Waals surface area contributed by atoms with E-state index in [9.17, 15) is 4.79 Å². The summed E-state index contributed by atoms with van der Waals surface area (Å²) in [7, 11) is 0. The molecule has 0 saturated carbocycles. The summed E-state index contributed by atoms with van der Waals surface area (Å²) in [6.45, 7) is 7.87. The normalized spacial score (nSPS) is 11.5. The van der Waals surface area contributed by atoms with E-state index in [1.54, 1.807) is 26.2 Å². The molecule has 15 heavy (non-hydrogen) atoms. The van der Waals surface area contributed by atoms with Crippen LogP contribution in [0.4, 0.5) is 0 Å². The lowest BCUT2D eigenvalue weighted by Gasteiger charge is -2.23. The second kappa shape index (κ2) is 4.53. The lowest BCUT2D eigenvalue weighted by atomic mass is 9.95.